The Morgan fingerprint density at radius 1 is 1.10 bits per heavy atom. The first-order chi connectivity index (χ1) is 9.57. The van der Waals surface area contributed by atoms with Crippen molar-refractivity contribution in [1.29, 1.82) is 0 Å². The van der Waals surface area contributed by atoms with Gasteiger partial charge in [-0.15, -0.1) is 11.8 Å². The van der Waals surface area contributed by atoms with Crippen LogP contribution in [0.4, 0.5) is 0 Å². The first-order valence-corrected chi connectivity index (χ1v) is 7.71. The number of benzene rings is 2. The van der Waals surface area contributed by atoms with Gasteiger partial charge in [-0.25, -0.2) is 0 Å². The van der Waals surface area contributed by atoms with Crippen molar-refractivity contribution in [3.05, 3.63) is 47.5 Å². The van der Waals surface area contributed by atoms with Crippen molar-refractivity contribution in [3.8, 4) is 16.9 Å². The van der Waals surface area contributed by atoms with Gasteiger partial charge in [0.15, 0.2) is 0 Å². The minimum atomic E-state index is 0.115. The summed E-state index contributed by atoms with van der Waals surface area (Å²) in [6, 6.07) is 12.5. The summed E-state index contributed by atoms with van der Waals surface area (Å²) < 4.78 is 0.115. The van der Waals surface area contributed by atoms with Crippen molar-refractivity contribution in [2.75, 3.05) is 20.1 Å². The fourth-order valence-electron chi connectivity index (χ4n) is 3.41. The monoisotopic (exact) mass is 283 g/mol. The molecule has 0 atom stereocenters. The van der Waals surface area contributed by atoms with Crippen LogP contribution in [0, 0.1) is 6.92 Å². The summed E-state index contributed by atoms with van der Waals surface area (Å²) in [7, 11) is 2.15. The highest BCUT2D eigenvalue weighted by molar-refractivity contribution is 8.00. The predicted octanol–water partition coefficient (Wildman–Crippen LogP) is 3.61. The van der Waals surface area contributed by atoms with E-state index >= 15 is 0 Å². The fourth-order valence-corrected chi connectivity index (χ4v) is 5.21. The first-order valence-electron chi connectivity index (χ1n) is 6.89. The zero-order valence-corrected chi connectivity index (χ0v) is 12.5. The zero-order chi connectivity index (χ0) is 13.9. The number of hydrogen-bond donors (Lipinski definition) is 1. The Hall–Kier alpha value is -1.45. The first kappa shape index (κ1) is 12.3. The largest absolute Gasteiger partial charge is 0.508 e. The molecule has 0 aliphatic carbocycles. The number of rotatable bonds is 0. The van der Waals surface area contributed by atoms with E-state index < -0.39 is 0 Å². The maximum absolute atomic E-state index is 9.88. The number of likely N-dealkylation sites (tertiary alicyclic amines) is 1. The Kier molecular flexibility index (Phi) is 2.48. The molecule has 2 aliphatic heterocycles. The number of aromatic hydroxyl groups is 1. The van der Waals surface area contributed by atoms with E-state index in [2.05, 4.69) is 43.1 Å². The Balaban J connectivity index is 1.96. The molecule has 0 radical (unpaired) electrons. The molecule has 0 unspecified atom stereocenters. The molecular formula is C17H17NOS. The Bertz CT molecular complexity index is 704. The van der Waals surface area contributed by atoms with Crippen LogP contribution in [-0.4, -0.2) is 30.1 Å². The number of phenolic OH excluding ortho intramolecular Hbond substituents is 1. The van der Waals surface area contributed by atoms with E-state index in [1.54, 1.807) is 6.07 Å². The van der Waals surface area contributed by atoms with Crippen LogP contribution in [0.3, 0.4) is 0 Å². The predicted molar refractivity (Wildman–Crippen MR) is 83.3 cm³/mol. The lowest BCUT2D eigenvalue weighted by molar-refractivity contribution is 0.164. The minimum absolute atomic E-state index is 0.115. The summed E-state index contributed by atoms with van der Waals surface area (Å²) >= 11 is 1.96. The standard InChI is InChI=1S/C17H17NOS/c1-11-3-5-14-13-6-4-12(19)8-15(13)17(9-18(2)10-17)20-16(14)7-11/h3-8,19H,9-10H2,1-2H3. The lowest BCUT2D eigenvalue weighted by atomic mass is 9.84. The molecule has 1 N–H and O–H groups in total. The Morgan fingerprint density at radius 3 is 2.60 bits per heavy atom. The van der Waals surface area contributed by atoms with Gasteiger partial charge >= 0.3 is 0 Å². The molecule has 2 aromatic carbocycles. The number of hydrogen-bond acceptors (Lipinski definition) is 3. The number of phenols is 1. The van der Waals surface area contributed by atoms with Crippen LogP contribution in [0.2, 0.25) is 0 Å². The molecule has 2 nitrogen and oxygen atoms in total. The average Bonchev–Trinajstić information content (AvgIpc) is 2.37. The minimum Gasteiger partial charge on any atom is -0.508 e. The van der Waals surface area contributed by atoms with Gasteiger partial charge < -0.3 is 10.0 Å². The second-order valence-electron chi connectivity index (χ2n) is 6.00. The molecule has 0 bridgehead atoms. The maximum Gasteiger partial charge on any atom is 0.115 e. The second kappa shape index (κ2) is 4.03. The summed E-state index contributed by atoms with van der Waals surface area (Å²) in [4.78, 5) is 3.71. The van der Waals surface area contributed by atoms with Crippen LogP contribution in [0.15, 0.2) is 41.3 Å². The van der Waals surface area contributed by atoms with Crippen LogP contribution in [0.25, 0.3) is 11.1 Å². The topological polar surface area (TPSA) is 23.5 Å². The molecule has 1 fully saturated rings. The lowest BCUT2D eigenvalue weighted by Gasteiger charge is -2.51. The number of nitrogens with zero attached hydrogens (tertiary/aromatic N) is 1. The highest BCUT2D eigenvalue weighted by atomic mass is 32.2. The lowest BCUT2D eigenvalue weighted by Crippen LogP contribution is -2.56. The van der Waals surface area contributed by atoms with Crippen molar-refractivity contribution in [2.45, 2.75) is 16.6 Å². The second-order valence-corrected chi connectivity index (χ2v) is 7.42. The molecule has 4 rings (SSSR count). The molecule has 2 aliphatic rings. The molecule has 2 aromatic rings. The fraction of sp³-hybridized carbons (Fsp3) is 0.294. The molecule has 102 valence electrons. The van der Waals surface area contributed by atoms with Gasteiger partial charge in [0.25, 0.3) is 0 Å². The van der Waals surface area contributed by atoms with Crippen molar-refractivity contribution >= 4 is 11.8 Å². The van der Waals surface area contributed by atoms with Gasteiger partial charge in [-0.2, -0.15) is 0 Å². The highest BCUT2D eigenvalue weighted by Gasteiger charge is 2.47. The van der Waals surface area contributed by atoms with Crippen LogP contribution < -0.4 is 0 Å². The van der Waals surface area contributed by atoms with Gasteiger partial charge in [0.05, 0.1) is 4.75 Å². The molecule has 3 heteroatoms. The van der Waals surface area contributed by atoms with Crippen molar-refractivity contribution in [2.24, 2.45) is 0 Å². The van der Waals surface area contributed by atoms with Crippen LogP contribution >= 0.6 is 11.8 Å². The van der Waals surface area contributed by atoms with Gasteiger partial charge in [0.2, 0.25) is 0 Å². The van der Waals surface area contributed by atoms with E-state index in [9.17, 15) is 5.11 Å². The number of likely N-dealkylation sites (N-methyl/N-ethyl adjacent to an activating group) is 1. The third-order valence-electron chi connectivity index (χ3n) is 4.28. The van der Waals surface area contributed by atoms with E-state index in [0.29, 0.717) is 5.75 Å². The van der Waals surface area contributed by atoms with Gasteiger partial charge in [-0.3, -0.25) is 0 Å². The summed E-state index contributed by atoms with van der Waals surface area (Å²) in [5, 5.41) is 9.88. The van der Waals surface area contributed by atoms with E-state index in [4.69, 9.17) is 0 Å². The Morgan fingerprint density at radius 2 is 1.85 bits per heavy atom. The smallest absolute Gasteiger partial charge is 0.115 e. The molecule has 1 saturated heterocycles. The molecule has 20 heavy (non-hydrogen) atoms. The third kappa shape index (κ3) is 1.63. The highest BCUT2D eigenvalue weighted by Crippen LogP contribution is 2.57. The van der Waals surface area contributed by atoms with E-state index in [0.717, 1.165) is 13.1 Å². The van der Waals surface area contributed by atoms with Crippen molar-refractivity contribution < 1.29 is 5.11 Å². The summed E-state index contributed by atoms with van der Waals surface area (Å²) in [5.41, 5.74) is 5.18. The zero-order valence-electron chi connectivity index (χ0n) is 11.7. The summed E-state index contributed by atoms with van der Waals surface area (Å²) in [6.45, 7) is 4.23. The molecular weight excluding hydrogens is 266 g/mol. The summed E-state index contributed by atoms with van der Waals surface area (Å²) in [5.74, 6) is 0.369. The van der Waals surface area contributed by atoms with Crippen molar-refractivity contribution in [1.82, 2.24) is 4.90 Å². The molecule has 1 spiro atoms. The molecule has 0 saturated carbocycles. The number of fused-ring (bicyclic) bond motifs is 4. The molecule has 2 heterocycles. The van der Waals surface area contributed by atoms with Gasteiger partial charge in [-0.1, -0.05) is 18.2 Å². The number of aryl methyl sites for hydroxylation is 1. The van der Waals surface area contributed by atoms with Gasteiger partial charge in [-0.05, 0) is 54.4 Å². The number of thioether (sulfide) groups is 1. The SMILES string of the molecule is Cc1ccc2c(c1)SC1(CN(C)C1)c1cc(O)ccc1-2. The van der Waals surface area contributed by atoms with Gasteiger partial charge in [0.1, 0.15) is 5.75 Å². The van der Waals surface area contributed by atoms with Crippen molar-refractivity contribution in [3.63, 3.8) is 0 Å². The third-order valence-corrected chi connectivity index (χ3v) is 5.70. The van der Waals surface area contributed by atoms with Crippen LogP contribution in [0.1, 0.15) is 11.1 Å². The maximum atomic E-state index is 9.88. The van der Waals surface area contributed by atoms with E-state index in [1.165, 1.54) is 27.1 Å². The van der Waals surface area contributed by atoms with Crippen LogP contribution in [0.5, 0.6) is 5.75 Å². The summed E-state index contributed by atoms with van der Waals surface area (Å²) in [6.07, 6.45) is 0. The normalized spacial score (nSPS) is 19.3. The van der Waals surface area contributed by atoms with E-state index in [1.807, 2.05) is 17.8 Å². The Labute approximate surface area is 123 Å². The van der Waals surface area contributed by atoms with Gasteiger partial charge in [0, 0.05) is 18.0 Å². The molecule has 0 amide bonds. The average molecular weight is 283 g/mol. The quantitative estimate of drug-likeness (QED) is 0.799. The molecule has 0 aromatic heterocycles. The van der Waals surface area contributed by atoms with Crippen LogP contribution in [-0.2, 0) is 4.75 Å². The van der Waals surface area contributed by atoms with E-state index in [-0.39, 0.29) is 4.75 Å².